The summed E-state index contributed by atoms with van der Waals surface area (Å²) in [4.78, 5) is 16.3. The Hall–Kier alpha value is -1.18. The molecular formula is C14H19NO. The number of rotatable bonds is 3. The summed E-state index contributed by atoms with van der Waals surface area (Å²) < 4.78 is 0. The second-order valence-electron chi connectivity index (χ2n) is 4.74. The van der Waals surface area contributed by atoms with E-state index in [0.717, 1.165) is 18.4 Å². The van der Waals surface area contributed by atoms with Gasteiger partial charge in [-0.15, -0.1) is 0 Å². The Balaban J connectivity index is 2.04. The monoisotopic (exact) mass is 217 g/mol. The van der Waals surface area contributed by atoms with Gasteiger partial charge in [-0.3, -0.25) is 9.78 Å². The summed E-state index contributed by atoms with van der Waals surface area (Å²) in [6.45, 7) is 2.02. The van der Waals surface area contributed by atoms with Gasteiger partial charge in [0.2, 0.25) is 0 Å². The van der Waals surface area contributed by atoms with Crippen LogP contribution >= 0.6 is 0 Å². The van der Waals surface area contributed by atoms with Crippen molar-refractivity contribution in [1.29, 1.82) is 0 Å². The van der Waals surface area contributed by atoms with Gasteiger partial charge in [-0.1, -0.05) is 26.2 Å². The van der Waals surface area contributed by atoms with Gasteiger partial charge >= 0.3 is 0 Å². The number of nitrogens with zero attached hydrogens (tertiary/aromatic N) is 1. The quantitative estimate of drug-likeness (QED) is 0.777. The Kier molecular flexibility index (Phi) is 3.70. The molecule has 86 valence electrons. The van der Waals surface area contributed by atoms with Crippen LogP contribution in [0.4, 0.5) is 0 Å². The van der Waals surface area contributed by atoms with E-state index in [1.165, 1.54) is 19.3 Å². The second-order valence-corrected chi connectivity index (χ2v) is 4.74. The van der Waals surface area contributed by atoms with Crippen LogP contribution in [0.2, 0.25) is 0 Å². The third-order valence-corrected chi connectivity index (χ3v) is 3.64. The van der Waals surface area contributed by atoms with Gasteiger partial charge in [0.25, 0.3) is 0 Å². The first kappa shape index (κ1) is 11.3. The van der Waals surface area contributed by atoms with Gasteiger partial charge in [0.15, 0.2) is 0 Å². The average Bonchev–Trinajstić information content (AvgIpc) is 2.39. The summed E-state index contributed by atoms with van der Waals surface area (Å²) in [5, 5.41) is 0. The summed E-state index contributed by atoms with van der Waals surface area (Å²) in [7, 11) is 0. The molecule has 1 saturated carbocycles. The minimum absolute atomic E-state index is 0.0334. The number of Topliss-reactive ketones (excluding diaryl/α,β-unsaturated/α-hetero) is 1. The minimum atomic E-state index is 0.0334. The number of carbonyl (C=O) groups is 1. The molecule has 1 heterocycles. The van der Waals surface area contributed by atoms with Crippen molar-refractivity contribution in [1.82, 2.24) is 4.98 Å². The normalized spacial score (nSPS) is 19.3. The van der Waals surface area contributed by atoms with Crippen LogP contribution in [0, 0.1) is 5.92 Å². The van der Waals surface area contributed by atoms with Crippen LogP contribution in [-0.2, 0) is 4.79 Å². The molecule has 0 aliphatic heterocycles. The Morgan fingerprint density at radius 2 is 1.88 bits per heavy atom. The maximum absolute atomic E-state index is 12.3. The molecule has 1 unspecified atom stereocenters. The first-order valence-corrected chi connectivity index (χ1v) is 6.22. The van der Waals surface area contributed by atoms with Gasteiger partial charge in [0.05, 0.1) is 0 Å². The zero-order valence-electron chi connectivity index (χ0n) is 9.86. The molecule has 0 N–H and O–H groups in total. The van der Waals surface area contributed by atoms with Crippen LogP contribution in [0.3, 0.4) is 0 Å². The third-order valence-electron chi connectivity index (χ3n) is 3.64. The second kappa shape index (κ2) is 5.24. The van der Waals surface area contributed by atoms with E-state index in [2.05, 4.69) is 4.98 Å². The standard InChI is InChI=1S/C14H19NO/c1-11(12-7-9-15-10-8-12)14(16)13-5-3-2-4-6-13/h7-11,13H,2-6H2,1H3. The van der Waals surface area contributed by atoms with Crippen molar-refractivity contribution in [2.45, 2.75) is 44.9 Å². The van der Waals surface area contributed by atoms with Gasteiger partial charge in [-0.25, -0.2) is 0 Å². The van der Waals surface area contributed by atoms with E-state index in [0.29, 0.717) is 11.7 Å². The molecule has 1 aliphatic rings. The summed E-state index contributed by atoms with van der Waals surface area (Å²) in [5.41, 5.74) is 1.10. The average molecular weight is 217 g/mol. The fourth-order valence-electron chi connectivity index (χ4n) is 2.56. The van der Waals surface area contributed by atoms with Gasteiger partial charge in [0, 0.05) is 24.2 Å². The molecule has 0 radical (unpaired) electrons. The Morgan fingerprint density at radius 3 is 2.50 bits per heavy atom. The lowest BCUT2D eigenvalue weighted by Crippen LogP contribution is -2.22. The summed E-state index contributed by atoms with van der Waals surface area (Å²) in [6, 6.07) is 3.90. The maximum Gasteiger partial charge on any atom is 0.143 e. The van der Waals surface area contributed by atoms with Crippen LogP contribution in [0.5, 0.6) is 0 Å². The van der Waals surface area contributed by atoms with Crippen molar-refractivity contribution in [3.05, 3.63) is 30.1 Å². The smallest absolute Gasteiger partial charge is 0.143 e. The van der Waals surface area contributed by atoms with Gasteiger partial charge in [0.1, 0.15) is 5.78 Å². The SMILES string of the molecule is CC(C(=O)C1CCCCC1)c1ccncc1. The summed E-state index contributed by atoms with van der Waals surface area (Å²) in [6.07, 6.45) is 9.45. The van der Waals surface area contributed by atoms with Crippen molar-refractivity contribution in [2.75, 3.05) is 0 Å². The highest BCUT2D eigenvalue weighted by Gasteiger charge is 2.26. The van der Waals surface area contributed by atoms with Crippen LogP contribution in [0.25, 0.3) is 0 Å². The molecule has 2 heteroatoms. The molecule has 1 aromatic heterocycles. The lowest BCUT2D eigenvalue weighted by Gasteiger charge is -2.23. The first-order valence-electron chi connectivity index (χ1n) is 6.22. The fourth-order valence-corrected chi connectivity index (χ4v) is 2.56. The van der Waals surface area contributed by atoms with E-state index in [1.54, 1.807) is 12.4 Å². The molecule has 0 saturated heterocycles. The van der Waals surface area contributed by atoms with Gasteiger partial charge < -0.3 is 0 Å². The summed E-state index contributed by atoms with van der Waals surface area (Å²) >= 11 is 0. The van der Waals surface area contributed by atoms with E-state index in [-0.39, 0.29) is 5.92 Å². The first-order chi connectivity index (χ1) is 7.79. The molecule has 16 heavy (non-hydrogen) atoms. The lowest BCUT2D eigenvalue weighted by atomic mass is 9.80. The molecule has 0 amide bonds. The number of hydrogen-bond acceptors (Lipinski definition) is 2. The molecule has 1 atom stereocenters. The highest BCUT2D eigenvalue weighted by Crippen LogP contribution is 2.29. The van der Waals surface area contributed by atoms with Crippen molar-refractivity contribution in [3.8, 4) is 0 Å². The largest absolute Gasteiger partial charge is 0.299 e. The Labute approximate surface area is 97.1 Å². The number of ketones is 1. The highest BCUT2D eigenvalue weighted by atomic mass is 16.1. The van der Waals surface area contributed by atoms with Gasteiger partial charge in [-0.05, 0) is 30.5 Å². The molecule has 0 aromatic carbocycles. The molecule has 1 aliphatic carbocycles. The molecular weight excluding hydrogens is 198 g/mol. The van der Waals surface area contributed by atoms with Crippen molar-refractivity contribution in [2.24, 2.45) is 5.92 Å². The maximum atomic E-state index is 12.3. The van der Waals surface area contributed by atoms with E-state index in [1.807, 2.05) is 19.1 Å². The molecule has 1 fully saturated rings. The van der Waals surface area contributed by atoms with Crippen LogP contribution in [-0.4, -0.2) is 10.8 Å². The van der Waals surface area contributed by atoms with Crippen molar-refractivity contribution < 1.29 is 4.79 Å². The number of pyridine rings is 1. The van der Waals surface area contributed by atoms with E-state index in [9.17, 15) is 4.79 Å². The molecule has 0 spiro atoms. The predicted octanol–water partition coefficient (Wildman–Crippen LogP) is 3.33. The van der Waals surface area contributed by atoms with E-state index in [4.69, 9.17) is 0 Å². The third kappa shape index (κ3) is 2.49. The van der Waals surface area contributed by atoms with Crippen molar-refractivity contribution in [3.63, 3.8) is 0 Å². The lowest BCUT2D eigenvalue weighted by molar-refractivity contribution is -0.124. The summed E-state index contributed by atoms with van der Waals surface area (Å²) in [5.74, 6) is 0.758. The predicted molar refractivity (Wildman–Crippen MR) is 64.2 cm³/mol. The Morgan fingerprint density at radius 1 is 1.25 bits per heavy atom. The van der Waals surface area contributed by atoms with Crippen LogP contribution in [0.1, 0.15) is 50.5 Å². The molecule has 2 nitrogen and oxygen atoms in total. The topological polar surface area (TPSA) is 30.0 Å². The zero-order chi connectivity index (χ0) is 11.4. The van der Waals surface area contributed by atoms with E-state index < -0.39 is 0 Å². The minimum Gasteiger partial charge on any atom is -0.299 e. The van der Waals surface area contributed by atoms with E-state index >= 15 is 0 Å². The zero-order valence-corrected chi connectivity index (χ0v) is 9.86. The van der Waals surface area contributed by atoms with Gasteiger partial charge in [-0.2, -0.15) is 0 Å². The molecule has 1 aromatic rings. The highest BCUT2D eigenvalue weighted by molar-refractivity contribution is 5.87. The fraction of sp³-hybridized carbons (Fsp3) is 0.571. The number of carbonyl (C=O) groups excluding carboxylic acids is 1. The van der Waals surface area contributed by atoms with Crippen LogP contribution in [0.15, 0.2) is 24.5 Å². The molecule has 2 rings (SSSR count). The number of hydrogen-bond donors (Lipinski definition) is 0. The van der Waals surface area contributed by atoms with Crippen molar-refractivity contribution >= 4 is 5.78 Å². The Bertz CT molecular complexity index is 341. The molecule has 0 bridgehead atoms. The number of aromatic nitrogens is 1. The van der Waals surface area contributed by atoms with Crippen LogP contribution < -0.4 is 0 Å².